The van der Waals surface area contributed by atoms with Crippen LogP contribution in [0.25, 0.3) is 0 Å². The van der Waals surface area contributed by atoms with Crippen molar-refractivity contribution in [3.63, 3.8) is 0 Å². The van der Waals surface area contributed by atoms with E-state index in [9.17, 15) is 9.59 Å². The van der Waals surface area contributed by atoms with Crippen LogP contribution in [0.2, 0.25) is 0 Å². The molecule has 0 bridgehead atoms. The van der Waals surface area contributed by atoms with Crippen LogP contribution in [0.5, 0.6) is 0 Å². The van der Waals surface area contributed by atoms with E-state index in [0.29, 0.717) is 33.0 Å². The molecule has 0 aromatic carbocycles. The van der Waals surface area contributed by atoms with Crippen molar-refractivity contribution in [2.24, 2.45) is 0 Å². The van der Waals surface area contributed by atoms with Gasteiger partial charge >= 0.3 is 5.37 Å². The molecule has 0 aromatic heterocycles. The van der Waals surface area contributed by atoms with Crippen molar-refractivity contribution in [3.05, 3.63) is 0 Å². The average molecular weight is 262 g/mol. The van der Waals surface area contributed by atoms with Gasteiger partial charge in [-0.25, -0.2) is 0 Å². The molecule has 0 atom stereocenters. The SMILES string of the molecule is O=C(Cl)N1CCN(CN2CCOCC2)C(=O)C1. The number of hydrogen-bond acceptors (Lipinski definition) is 4. The largest absolute Gasteiger partial charge is 0.379 e. The second-order valence-corrected chi connectivity index (χ2v) is 4.53. The summed E-state index contributed by atoms with van der Waals surface area (Å²) in [5, 5.41) is -0.552. The summed E-state index contributed by atoms with van der Waals surface area (Å²) in [4.78, 5) is 28.0. The lowest BCUT2D eigenvalue weighted by Gasteiger charge is -2.37. The lowest BCUT2D eigenvalue weighted by atomic mass is 10.3. The fraction of sp³-hybridized carbons (Fsp3) is 0.800. The van der Waals surface area contributed by atoms with Gasteiger partial charge in [-0.1, -0.05) is 0 Å². The van der Waals surface area contributed by atoms with E-state index in [1.807, 2.05) is 0 Å². The van der Waals surface area contributed by atoms with Gasteiger partial charge in [0.15, 0.2) is 0 Å². The molecule has 2 aliphatic rings. The summed E-state index contributed by atoms with van der Waals surface area (Å²) < 4.78 is 5.25. The number of carbonyl (C=O) groups is 2. The van der Waals surface area contributed by atoms with E-state index < -0.39 is 5.37 Å². The lowest BCUT2D eigenvalue weighted by Crippen LogP contribution is -2.55. The number of hydrogen-bond donors (Lipinski definition) is 0. The maximum Gasteiger partial charge on any atom is 0.316 e. The Bertz CT molecular complexity index is 307. The summed E-state index contributed by atoms with van der Waals surface area (Å²) in [5.74, 6) is -0.0447. The zero-order valence-electron chi connectivity index (χ0n) is 9.60. The zero-order chi connectivity index (χ0) is 12.3. The Kier molecular flexibility index (Phi) is 4.20. The van der Waals surface area contributed by atoms with Crippen molar-refractivity contribution >= 4 is 22.9 Å². The standard InChI is InChI=1S/C10H16ClN3O3/c11-10(16)13-1-2-14(9(15)7-13)8-12-3-5-17-6-4-12/h1-8H2. The highest BCUT2D eigenvalue weighted by molar-refractivity contribution is 6.62. The molecule has 2 aliphatic heterocycles. The van der Waals surface area contributed by atoms with Crippen molar-refractivity contribution in [2.45, 2.75) is 0 Å². The zero-order valence-corrected chi connectivity index (χ0v) is 10.4. The molecule has 96 valence electrons. The lowest BCUT2D eigenvalue weighted by molar-refractivity contribution is -0.138. The molecular weight excluding hydrogens is 246 g/mol. The summed E-state index contributed by atoms with van der Waals surface area (Å²) >= 11 is 5.35. The van der Waals surface area contributed by atoms with Gasteiger partial charge in [-0.2, -0.15) is 0 Å². The van der Waals surface area contributed by atoms with Gasteiger partial charge in [0.05, 0.1) is 19.9 Å². The molecule has 2 amide bonds. The average Bonchev–Trinajstić information content (AvgIpc) is 2.33. The van der Waals surface area contributed by atoms with Gasteiger partial charge in [0.1, 0.15) is 6.54 Å². The Balaban J connectivity index is 1.82. The maximum atomic E-state index is 11.8. The van der Waals surface area contributed by atoms with Crippen LogP contribution in [0.3, 0.4) is 0 Å². The Morgan fingerprint density at radius 2 is 1.94 bits per heavy atom. The van der Waals surface area contributed by atoms with Gasteiger partial charge in [0.2, 0.25) is 5.91 Å². The predicted molar refractivity (Wildman–Crippen MR) is 61.8 cm³/mol. The smallest absolute Gasteiger partial charge is 0.316 e. The monoisotopic (exact) mass is 261 g/mol. The van der Waals surface area contributed by atoms with Crippen LogP contribution in [-0.4, -0.2) is 78.6 Å². The fourth-order valence-corrected chi connectivity index (χ4v) is 2.14. The minimum Gasteiger partial charge on any atom is -0.379 e. The summed E-state index contributed by atoms with van der Waals surface area (Å²) in [6, 6.07) is 0. The molecule has 0 aromatic rings. The first kappa shape index (κ1) is 12.6. The Morgan fingerprint density at radius 3 is 2.53 bits per heavy atom. The van der Waals surface area contributed by atoms with Gasteiger partial charge in [-0.15, -0.1) is 0 Å². The molecule has 2 saturated heterocycles. The molecule has 2 heterocycles. The Morgan fingerprint density at radius 1 is 1.24 bits per heavy atom. The number of piperazine rings is 1. The van der Waals surface area contributed by atoms with Gasteiger partial charge in [0, 0.05) is 26.2 Å². The maximum absolute atomic E-state index is 11.8. The first-order chi connectivity index (χ1) is 8.16. The summed E-state index contributed by atoms with van der Waals surface area (Å²) in [6.45, 7) is 4.90. The van der Waals surface area contributed by atoms with Crippen LogP contribution in [-0.2, 0) is 9.53 Å². The third-order valence-corrected chi connectivity index (χ3v) is 3.28. The summed E-state index contributed by atoms with van der Waals surface area (Å²) in [7, 11) is 0. The van der Waals surface area contributed by atoms with E-state index in [1.54, 1.807) is 4.90 Å². The number of ether oxygens (including phenoxy) is 1. The highest BCUT2D eigenvalue weighted by atomic mass is 35.5. The minimum absolute atomic E-state index is 0.0447. The molecule has 0 spiro atoms. The van der Waals surface area contributed by atoms with Crippen molar-refractivity contribution in [3.8, 4) is 0 Å². The van der Waals surface area contributed by atoms with Crippen LogP contribution in [0, 0.1) is 0 Å². The van der Waals surface area contributed by atoms with Crippen LogP contribution in [0.4, 0.5) is 4.79 Å². The number of carbonyl (C=O) groups excluding carboxylic acids is 2. The molecule has 7 heteroatoms. The van der Waals surface area contributed by atoms with Crippen molar-refractivity contribution in [1.29, 1.82) is 0 Å². The Hall–Kier alpha value is -0.850. The van der Waals surface area contributed by atoms with E-state index in [-0.39, 0.29) is 12.5 Å². The second kappa shape index (κ2) is 5.66. The molecule has 17 heavy (non-hydrogen) atoms. The second-order valence-electron chi connectivity index (χ2n) is 4.20. The minimum atomic E-state index is -0.552. The van der Waals surface area contributed by atoms with Gasteiger partial charge < -0.3 is 14.5 Å². The van der Waals surface area contributed by atoms with Crippen LogP contribution in [0.1, 0.15) is 0 Å². The quantitative estimate of drug-likeness (QED) is 0.509. The van der Waals surface area contributed by atoms with Crippen LogP contribution in [0.15, 0.2) is 0 Å². The number of amides is 2. The fourth-order valence-electron chi connectivity index (χ4n) is 1.99. The predicted octanol–water partition coefficient (Wildman–Crippen LogP) is -0.221. The van der Waals surface area contributed by atoms with E-state index in [4.69, 9.17) is 16.3 Å². The molecule has 6 nitrogen and oxygen atoms in total. The first-order valence-electron chi connectivity index (χ1n) is 5.69. The molecular formula is C10H16ClN3O3. The van der Waals surface area contributed by atoms with Crippen molar-refractivity contribution < 1.29 is 14.3 Å². The van der Waals surface area contributed by atoms with E-state index >= 15 is 0 Å². The highest BCUT2D eigenvalue weighted by Crippen LogP contribution is 2.08. The van der Waals surface area contributed by atoms with E-state index in [1.165, 1.54) is 4.90 Å². The summed E-state index contributed by atoms with van der Waals surface area (Å²) in [6.07, 6.45) is 0. The highest BCUT2D eigenvalue weighted by Gasteiger charge is 2.27. The van der Waals surface area contributed by atoms with E-state index in [2.05, 4.69) is 4.90 Å². The number of halogens is 1. The first-order valence-corrected chi connectivity index (χ1v) is 6.07. The van der Waals surface area contributed by atoms with Crippen molar-refractivity contribution in [1.82, 2.24) is 14.7 Å². The molecule has 0 N–H and O–H groups in total. The molecule has 2 rings (SSSR count). The van der Waals surface area contributed by atoms with Gasteiger partial charge in [-0.05, 0) is 11.6 Å². The topological polar surface area (TPSA) is 53.1 Å². The number of rotatable bonds is 2. The van der Waals surface area contributed by atoms with Crippen LogP contribution < -0.4 is 0 Å². The number of nitrogens with zero attached hydrogens (tertiary/aromatic N) is 3. The van der Waals surface area contributed by atoms with Crippen LogP contribution >= 0.6 is 11.6 Å². The molecule has 0 aliphatic carbocycles. The molecule has 0 unspecified atom stereocenters. The van der Waals surface area contributed by atoms with Crippen molar-refractivity contribution in [2.75, 3.05) is 52.6 Å². The normalized spacial score (nSPS) is 23.0. The number of morpholine rings is 1. The van der Waals surface area contributed by atoms with E-state index in [0.717, 1.165) is 13.1 Å². The molecule has 0 saturated carbocycles. The van der Waals surface area contributed by atoms with Gasteiger partial charge in [-0.3, -0.25) is 14.5 Å². The third kappa shape index (κ3) is 3.31. The molecule has 0 radical (unpaired) electrons. The van der Waals surface area contributed by atoms with Gasteiger partial charge in [0.25, 0.3) is 0 Å². The summed E-state index contributed by atoms with van der Waals surface area (Å²) in [5.41, 5.74) is 0. The third-order valence-electron chi connectivity index (χ3n) is 3.04. The Labute approximate surface area is 105 Å². The molecule has 2 fully saturated rings.